The van der Waals surface area contributed by atoms with Gasteiger partial charge in [-0.1, -0.05) is 49.7 Å². The van der Waals surface area contributed by atoms with Gasteiger partial charge in [0.1, 0.15) is 0 Å². The number of nitrogens with one attached hydrogen (secondary N) is 1. The SMILES string of the molecule is C[C@@H]1CCCC[C@H]1NC(=O)[C@@H](C)Sc1nnnn1-c1ccccc1. The van der Waals surface area contributed by atoms with Crippen molar-refractivity contribution < 1.29 is 4.79 Å². The maximum Gasteiger partial charge on any atom is 0.233 e. The third-order valence-electron chi connectivity index (χ3n) is 4.53. The number of carbonyl (C=O) groups is 1. The van der Waals surface area contributed by atoms with Crippen LogP contribution in [0.25, 0.3) is 5.69 Å². The Morgan fingerprint density at radius 2 is 2.04 bits per heavy atom. The van der Waals surface area contributed by atoms with Crippen molar-refractivity contribution in [3.63, 3.8) is 0 Å². The second-order valence-corrected chi connectivity index (χ2v) is 7.65. The second-order valence-electron chi connectivity index (χ2n) is 6.35. The van der Waals surface area contributed by atoms with Gasteiger partial charge in [-0.2, -0.15) is 4.68 Å². The number of nitrogens with zero attached hydrogens (tertiary/aromatic N) is 4. The molecular formula is C17H23N5OS. The predicted molar refractivity (Wildman–Crippen MR) is 94.0 cm³/mol. The van der Waals surface area contributed by atoms with Crippen LogP contribution in [0, 0.1) is 5.92 Å². The van der Waals surface area contributed by atoms with Gasteiger partial charge in [0.2, 0.25) is 11.1 Å². The van der Waals surface area contributed by atoms with Crippen molar-refractivity contribution in [1.29, 1.82) is 0 Å². The molecule has 1 amide bonds. The minimum atomic E-state index is -0.243. The van der Waals surface area contributed by atoms with Gasteiger partial charge in [-0.05, 0) is 48.2 Å². The highest BCUT2D eigenvalue weighted by atomic mass is 32.2. The molecule has 3 rings (SSSR count). The smallest absolute Gasteiger partial charge is 0.233 e. The highest BCUT2D eigenvalue weighted by Crippen LogP contribution is 2.26. The van der Waals surface area contributed by atoms with Crippen LogP contribution in [0.5, 0.6) is 0 Å². The quantitative estimate of drug-likeness (QED) is 0.844. The number of carbonyl (C=O) groups excluding carboxylic acids is 1. The number of para-hydroxylation sites is 1. The molecule has 1 saturated carbocycles. The molecule has 1 heterocycles. The lowest BCUT2D eigenvalue weighted by molar-refractivity contribution is -0.121. The summed E-state index contributed by atoms with van der Waals surface area (Å²) < 4.78 is 1.66. The van der Waals surface area contributed by atoms with E-state index in [0.717, 1.165) is 12.1 Å². The van der Waals surface area contributed by atoms with E-state index in [9.17, 15) is 4.79 Å². The van der Waals surface area contributed by atoms with Crippen molar-refractivity contribution in [1.82, 2.24) is 25.5 Å². The van der Waals surface area contributed by atoms with Gasteiger partial charge in [0, 0.05) is 6.04 Å². The summed E-state index contributed by atoms with van der Waals surface area (Å²) in [7, 11) is 0. The zero-order valence-electron chi connectivity index (χ0n) is 14.1. The number of thioether (sulfide) groups is 1. The van der Waals surface area contributed by atoms with E-state index in [2.05, 4.69) is 27.8 Å². The molecule has 0 unspecified atom stereocenters. The van der Waals surface area contributed by atoms with Crippen molar-refractivity contribution >= 4 is 17.7 Å². The van der Waals surface area contributed by atoms with Gasteiger partial charge >= 0.3 is 0 Å². The van der Waals surface area contributed by atoms with Crippen molar-refractivity contribution in [2.75, 3.05) is 0 Å². The van der Waals surface area contributed by atoms with Crippen LogP contribution in [-0.2, 0) is 4.79 Å². The Balaban J connectivity index is 1.64. The maximum atomic E-state index is 12.5. The lowest BCUT2D eigenvalue weighted by atomic mass is 9.86. The van der Waals surface area contributed by atoms with Gasteiger partial charge in [-0.25, -0.2) is 0 Å². The Hall–Kier alpha value is -1.89. The van der Waals surface area contributed by atoms with E-state index in [1.807, 2.05) is 37.3 Å². The summed E-state index contributed by atoms with van der Waals surface area (Å²) in [6.07, 6.45) is 4.73. The average Bonchev–Trinajstić information content (AvgIpc) is 3.05. The monoisotopic (exact) mass is 345 g/mol. The fraction of sp³-hybridized carbons (Fsp3) is 0.529. The summed E-state index contributed by atoms with van der Waals surface area (Å²) in [5, 5.41) is 15.4. The van der Waals surface area contributed by atoms with Crippen molar-refractivity contribution in [3.8, 4) is 5.69 Å². The first-order valence-electron chi connectivity index (χ1n) is 8.46. The first kappa shape index (κ1) is 17.0. The van der Waals surface area contributed by atoms with E-state index in [0.29, 0.717) is 17.1 Å². The molecule has 1 N–H and O–H groups in total. The third-order valence-corrected chi connectivity index (χ3v) is 5.57. The Kier molecular flexibility index (Phi) is 5.50. The van der Waals surface area contributed by atoms with Gasteiger partial charge in [-0.15, -0.1) is 5.10 Å². The van der Waals surface area contributed by atoms with E-state index in [4.69, 9.17) is 0 Å². The molecule has 1 fully saturated rings. The molecule has 0 aliphatic heterocycles. The third kappa shape index (κ3) is 3.95. The van der Waals surface area contributed by atoms with Crippen LogP contribution in [0.3, 0.4) is 0 Å². The number of benzene rings is 1. The zero-order chi connectivity index (χ0) is 16.9. The summed E-state index contributed by atoms with van der Waals surface area (Å²) in [5.74, 6) is 0.607. The molecule has 3 atom stereocenters. The number of hydrogen-bond donors (Lipinski definition) is 1. The van der Waals surface area contributed by atoms with E-state index >= 15 is 0 Å². The summed E-state index contributed by atoms with van der Waals surface area (Å²) in [6.45, 7) is 4.12. The molecule has 6 nitrogen and oxygen atoms in total. The summed E-state index contributed by atoms with van der Waals surface area (Å²) in [5.41, 5.74) is 0.888. The van der Waals surface area contributed by atoms with Gasteiger partial charge in [0.25, 0.3) is 0 Å². The molecule has 0 radical (unpaired) electrons. The number of aromatic nitrogens is 4. The maximum absolute atomic E-state index is 12.5. The van der Waals surface area contributed by atoms with Crippen LogP contribution in [0.1, 0.15) is 39.5 Å². The van der Waals surface area contributed by atoms with E-state index < -0.39 is 0 Å². The number of amides is 1. The fourth-order valence-electron chi connectivity index (χ4n) is 3.03. The first-order chi connectivity index (χ1) is 11.6. The van der Waals surface area contributed by atoms with Crippen LogP contribution in [-0.4, -0.2) is 37.4 Å². The Labute approximate surface area is 146 Å². The molecule has 24 heavy (non-hydrogen) atoms. The zero-order valence-corrected chi connectivity index (χ0v) is 14.9. The van der Waals surface area contributed by atoms with Gasteiger partial charge in [0.15, 0.2) is 0 Å². The summed E-state index contributed by atoms with van der Waals surface area (Å²) in [4.78, 5) is 12.5. The molecule has 1 aromatic carbocycles. The Morgan fingerprint density at radius 1 is 1.29 bits per heavy atom. The first-order valence-corrected chi connectivity index (χ1v) is 9.34. The molecule has 0 bridgehead atoms. The lowest BCUT2D eigenvalue weighted by Gasteiger charge is -2.30. The van der Waals surface area contributed by atoms with Gasteiger partial charge in [-0.3, -0.25) is 4.79 Å². The molecular weight excluding hydrogens is 322 g/mol. The fourth-order valence-corrected chi connectivity index (χ4v) is 3.84. The molecule has 1 aliphatic carbocycles. The molecule has 128 valence electrons. The Bertz CT molecular complexity index is 675. The molecule has 1 aliphatic rings. The van der Waals surface area contributed by atoms with E-state index in [1.54, 1.807) is 4.68 Å². The van der Waals surface area contributed by atoms with E-state index in [-0.39, 0.29) is 11.2 Å². The number of rotatable bonds is 5. The van der Waals surface area contributed by atoms with Crippen molar-refractivity contribution in [2.45, 2.75) is 56.0 Å². The second kappa shape index (κ2) is 7.79. The number of hydrogen-bond acceptors (Lipinski definition) is 5. The predicted octanol–water partition coefficient (Wildman–Crippen LogP) is 2.84. The molecule has 1 aromatic heterocycles. The minimum absolute atomic E-state index is 0.0568. The van der Waals surface area contributed by atoms with Crippen LogP contribution in [0.4, 0.5) is 0 Å². The van der Waals surface area contributed by atoms with Gasteiger partial charge < -0.3 is 5.32 Å². The number of tetrazole rings is 1. The van der Waals surface area contributed by atoms with Crippen molar-refractivity contribution in [3.05, 3.63) is 30.3 Å². The van der Waals surface area contributed by atoms with Crippen LogP contribution in [0.15, 0.2) is 35.5 Å². The largest absolute Gasteiger partial charge is 0.352 e. The highest BCUT2D eigenvalue weighted by molar-refractivity contribution is 8.00. The lowest BCUT2D eigenvalue weighted by Crippen LogP contribution is -2.44. The Morgan fingerprint density at radius 3 is 2.79 bits per heavy atom. The van der Waals surface area contributed by atoms with Crippen LogP contribution in [0.2, 0.25) is 0 Å². The minimum Gasteiger partial charge on any atom is -0.352 e. The molecule has 0 spiro atoms. The summed E-state index contributed by atoms with van der Waals surface area (Å²) in [6, 6.07) is 9.99. The molecule has 2 aromatic rings. The average molecular weight is 345 g/mol. The van der Waals surface area contributed by atoms with Crippen molar-refractivity contribution in [2.24, 2.45) is 5.92 Å². The van der Waals surface area contributed by atoms with Crippen LogP contribution < -0.4 is 5.32 Å². The van der Waals surface area contributed by atoms with Crippen LogP contribution >= 0.6 is 11.8 Å². The molecule has 0 saturated heterocycles. The van der Waals surface area contributed by atoms with Gasteiger partial charge in [0.05, 0.1) is 10.9 Å². The highest BCUT2D eigenvalue weighted by Gasteiger charge is 2.26. The normalized spacial score (nSPS) is 22.1. The van der Waals surface area contributed by atoms with E-state index in [1.165, 1.54) is 31.0 Å². The molecule has 7 heteroatoms. The topological polar surface area (TPSA) is 72.7 Å². The summed E-state index contributed by atoms with van der Waals surface area (Å²) >= 11 is 1.38. The standard InChI is InChI=1S/C17H23N5OS/c1-12-8-6-7-11-15(12)18-16(23)13(2)24-17-19-20-21-22(17)14-9-4-3-5-10-14/h3-5,9-10,12-13,15H,6-8,11H2,1-2H3,(H,18,23)/t12-,13-,15-/m1/s1.